The molecule has 64 heavy (non-hydrogen) atoms. The molecule has 2 aromatic heterocycles. The van der Waals surface area contributed by atoms with Gasteiger partial charge in [0.1, 0.15) is 35.5 Å². The second kappa shape index (κ2) is 20.9. The van der Waals surface area contributed by atoms with Gasteiger partial charge in [0, 0.05) is 80.0 Å². The van der Waals surface area contributed by atoms with Crippen molar-refractivity contribution in [2.24, 2.45) is 17.8 Å². The summed E-state index contributed by atoms with van der Waals surface area (Å²) in [7, 11) is 0.465. The molecule has 0 radical (unpaired) electrons. The number of fused-ring (bicyclic) bond motifs is 1. The van der Waals surface area contributed by atoms with Gasteiger partial charge in [0.05, 0.1) is 28.7 Å². The van der Waals surface area contributed by atoms with Gasteiger partial charge in [-0.3, -0.25) is 28.8 Å². The number of hydrogen-bond acceptors (Lipinski definition) is 11. The van der Waals surface area contributed by atoms with Crippen LogP contribution in [0.1, 0.15) is 70.6 Å². The Hall–Kier alpha value is -7.09. The number of hydrogen-bond donors (Lipinski definition) is 5. The van der Waals surface area contributed by atoms with E-state index in [1.54, 1.807) is 60.2 Å². The highest BCUT2D eigenvalue weighted by Crippen LogP contribution is 2.39. The lowest BCUT2D eigenvalue weighted by atomic mass is 10.0. The number of aldehydes is 1. The number of nitrogen functional groups attached to an aromatic ring is 1. The molecule has 6 rings (SSSR count). The van der Waals surface area contributed by atoms with Crippen LogP contribution in [0.4, 0.5) is 24.7 Å². The maximum absolute atomic E-state index is 13.6. The van der Waals surface area contributed by atoms with Crippen molar-refractivity contribution in [3.05, 3.63) is 107 Å². The summed E-state index contributed by atoms with van der Waals surface area (Å²) in [5, 5.41) is 10.3. The Labute approximate surface area is 368 Å². The predicted molar refractivity (Wildman–Crippen MR) is 238 cm³/mol. The first-order chi connectivity index (χ1) is 30.7. The summed E-state index contributed by atoms with van der Waals surface area (Å²) in [4.78, 5) is 60.0. The van der Waals surface area contributed by atoms with Crippen LogP contribution in [0.2, 0.25) is 0 Å². The van der Waals surface area contributed by atoms with Crippen molar-refractivity contribution in [3.63, 3.8) is 0 Å². The van der Waals surface area contributed by atoms with Crippen LogP contribution in [0, 0.1) is 5.82 Å². The molecular weight excluding hydrogens is 854 g/mol. The van der Waals surface area contributed by atoms with Gasteiger partial charge in [-0.2, -0.15) is 13.9 Å². The highest BCUT2D eigenvalue weighted by molar-refractivity contribution is 7.86. The molecule has 16 nitrogen and oxygen atoms in total. The van der Waals surface area contributed by atoms with Crippen molar-refractivity contribution in [3.8, 4) is 17.0 Å². The average Bonchev–Trinajstić information content (AvgIpc) is 3.66. The zero-order chi connectivity index (χ0) is 46.1. The number of benzene rings is 3. The van der Waals surface area contributed by atoms with Gasteiger partial charge in [-0.1, -0.05) is 18.2 Å². The fourth-order valence-electron chi connectivity index (χ4n) is 7.14. The molecule has 336 valence electrons. The largest absolute Gasteiger partial charge is 0.484 e. The van der Waals surface area contributed by atoms with E-state index in [4.69, 9.17) is 26.3 Å². The lowest BCUT2D eigenvalue weighted by Crippen LogP contribution is -2.39. The van der Waals surface area contributed by atoms with Crippen molar-refractivity contribution < 1.29 is 41.3 Å². The molecule has 3 heterocycles. The first kappa shape index (κ1) is 46.4. The number of nitrogens with zero attached hydrogens (tertiary/aromatic N) is 5. The molecule has 3 aromatic carbocycles. The molecule has 7 N–H and O–H groups in total. The topological polar surface area (TPSA) is 229 Å². The second-order valence-corrected chi connectivity index (χ2v) is 16.0. The minimum atomic E-state index is -3.17. The van der Waals surface area contributed by atoms with E-state index in [1.807, 2.05) is 0 Å². The molecule has 3 amide bonds. The minimum absolute atomic E-state index is 0.0298. The number of ether oxygens (including phenoxy) is 1. The van der Waals surface area contributed by atoms with E-state index in [9.17, 15) is 36.6 Å². The molecule has 0 aliphatic carbocycles. The van der Waals surface area contributed by atoms with Gasteiger partial charge in [-0.25, -0.2) is 13.6 Å². The Morgan fingerprint density at radius 2 is 1.73 bits per heavy atom. The number of amides is 3. The number of nitrogens with one attached hydrogen (secondary N) is 3. The quantitative estimate of drug-likeness (QED) is 0.0598. The van der Waals surface area contributed by atoms with Crippen LogP contribution in [0.3, 0.4) is 0 Å². The number of carbonyl (C=O) groups excluding carboxylic acids is 4. The number of carbonyl (C=O) groups is 4. The SMILES string of the molecule is CNC(=O)CCC(C=O)NC(=O)c1ccc(C(=O)N2CCC(N=C/C(=C\N)c3cnc(N)c4c(-c5ccc(NS(=O)C(F)F)c(OC(C)c6ccc(F)cc6)c5)nn(C)c34)CC2)cc1. The van der Waals surface area contributed by atoms with Crippen LogP contribution in [-0.2, 0) is 27.6 Å². The number of aryl methyl sites for hydroxylation is 1. The standard InChI is InChI=1S/C44H47F3N10O6S/c1-25(26-8-11-31(45)12-9-26)63-36-20-29(10-14-35(36)55-64(62)44(46)47)39-38-40(56(3)54-39)34(23-52-41(38)49)30(21-48)22-51-32-16-18-57(19-17-32)43(61)28-6-4-27(5-7-28)42(60)53-33(24-58)13-15-37(59)50-2/h4-12,14,20-25,32-33,44,55H,13,15-19,48H2,1-3H3,(H2,49,52)(H,50,59)(H,53,60)/b30-21+,51-22?. The lowest BCUT2D eigenvalue weighted by Gasteiger charge is -2.30. The van der Waals surface area contributed by atoms with Crippen LogP contribution in [0.5, 0.6) is 5.75 Å². The molecule has 0 spiro atoms. The Balaban J connectivity index is 1.15. The van der Waals surface area contributed by atoms with E-state index in [0.29, 0.717) is 76.6 Å². The molecule has 5 aromatic rings. The van der Waals surface area contributed by atoms with Crippen LogP contribution < -0.4 is 31.6 Å². The Kier molecular flexibility index (Phi) is 15.1. The molecule has 20 heteroatoms. The summed E-state index contributed by atoms with van der Waals surface area (Å²) in [5.74, 6) is -4.33. The molecule has 3 atom stereocenters. The van der Waals surface area contributed by atoms with Gasteiger partial charge in [0.2, 0.25) is 5.91 Å². The van der Waals surface area contributed by atoms with Crippen LogP contribution in [-0.4, -0.2) is 92.1 Å². The third-order valence-electron chi connectivity index (χ3n) is 10.7. The van der Waals surface area contributed by atoms with Crippen molar-refractivity contribution >= 4 is 69.2 Å². The molecule has 3 unspecified atom stereocenters. The summed E-state index contributed by atoms with van der Waals surface area (Å²) in [6.45, 7) is 2.55. The third-order valence-corrected chi connectivity index (χ3v) is 11.4. The number of alkyl halides is 2. The number of nitrogens with two attached hydrogens (primary N) is 2. The van der Waals surface area contributed by atoms with E-state index in [0.717, 1.165) is 0 Å². The van der Waals surface area contributed by atoms with Gasteiger partial charge >= 0.3 is 5.76 Å². The monoisotopic (exact) mass is 900 g/mol. The Morgan fingerprint density at radius 3 is 2.38 bits per heavy atom. The fourth-order valence-corrected chi connectivity index (χ4v) is 7.61. The number of allylic oxidation sites excluding steroid dienone is 1. The van der Waals surface area contributed by atoms with Crippen molar-refractivity contribution in [2.75, 3.05) is 30.6 Å². The molecule has 0 saturated carbocycles. The first-order valence-electron chi connectivity index (χ1n) is 20.2. The number of rotatable bonds is 17. The predicted octanol–water partition coefficient (Wildman–Crippen LogP) is 5.29. The molecule has 1 fully saturated rings. The van der Waals surface area contributed by atoms with Gasteiger partial charge in [0.15, 0.2) is 11.0 Å². The van der Waals surface area contributed by atoms with Crippen LogP contribution in [0.25, 0.3) is 27.7 Å². The zero-order valence-electron chi connectivity index (χ0n) is 35.1. The second-order valence-electron chi connectivity index (χ2n) is 14.9. The van der Waals surface area contributed by atoms with E-state index in [2.05, 4.69) is 20.3 Å². The summed E-state index contributed by atoms with van der Waals surface area (Å²) in [5.41, 5.74) is 16.4. The minimum Gasteiger partial charge on any atom is -0.484 e. The van der Waals surface area contributed by atoms with Crippen molar-refractivity contribution in [1.29, 1.82) is 0 Å². The summed E-state index contributed by atoms with van der Waals surface area (Å²) >= 11 is 0. The summed E-state index contributed by atoms with van der Waals surface area (Å²) in [6.07, 6.45) is 5.87. The van der Waals surface area contributed by atoms with Gasteiger partial charge in [-0.15, -0.1) is 0 Å². The lowest BCUT2D eigenvalue weighted by molar-refractivity contribution is -0.120. The van der Waals surface area contributed by atoms with E-state index in [1.165, 1.54) is 55.7 Å². The average molecular weight is 901 g/mol. The fraction of sp³-hybridized carbons (Fsp3) is 0.295. The first-order valence-corrected chi connectivity index (χ1v) is 21.4. The maximum Gasteiger partial charge on any atom is 0.330 e. The maximum atomic E-state index is 13.6. The van der Waals surface area contributed by atoms with E-state index < -0.39 is 40.6 Å². The third kappa shape index (κ3) is 10.9. The van der Waals surface area contributed by atoms with Crippen molar-refractivity contribution in [2.45, 2.75) is 56.6 Å². The highest BCUT2D eigenvalue weighted by Gasteiger charge is 2.26. The van der Waals surface area contributed by atoms with Crippen LogP contribution >= 0.6 is 0 Å². The summed E-state index contributed by atoms with van der Waals surface area (Å²) < 4.78 is 62.5. The number of halogens is 3. The zero-order valence-corrected chi connectivity index (χ0v) is 35.9. The van der Waals surface area contributed by atoms with Gasteiger partial charge in [0.25, 0.3) is 11.8 Å². The van der Waals surface area contributed by atoms with Gasteiger partial charge in [-0.05, 0) is 80.3 Å². The van der Waals surface area contributed by atoms with E-state index in [-0.39, 0.29) is 53.5 Å². The van der Waals surface area contributed by atoms with E-state index >= 15 is 0 Å². The number of likely N-dealkylation sites (tertiary alicyclic amines) is 1. The number of aromatic nitrogens is 3. The molecule has 1 saturated heterocycles. The number of pyridine rings is 1. The smallest absolute Gasteiger partial charge is 0.330 e. The van der Waals surface area contributed by atoms with Crippen molar-refractivity contribution in [1.82, 2.24) is 30.3 Å². The Bertz CT molecular complexity index is 2600. The van der Waals surface area contributed by atoms with Gasteiger partial charge < -0.3 is 36.5 Å². The van der Waals surface area contributed by atoms with Crippen LogP contribution in [0.15, 0.2) is 84.1 Å². The normalized spacial score (nSPS) is 14.9. The number of piperidine rings is 1. The Morgan fingerprint density at radius 1 is 1.05 bits per heavy atom. The number of aliphatic imine (C=N–C) groups is 1. The summed E-state index contributed by atoms with van der Waals surface area (Å²) in [6, 6.07) is 15.4. The highest BCUT2D eigenvalue weighted by atomic mass is 32.2. The molecular formula is C44H47F3N10O6S. The molecule has 1 aliphatic rings. The molecule has 1 aliphatic heterocycles. The number of anilines is 2. The molecule has 0 bridgehead atoms.